The lowest BCUT2D eigenvalue weighted by atomic mass is 10.2. The Morgan fingerprint density at radius 2 is 1.84 bits per heavy atom. The summed E-state index contributed by atoms with van der Waals surface area (Å²) in [7, 11) is 0. The van der Waals surface area contributed by atoms with E-state index < -0.39 is 47.0 Å². The number of carbonyl (C=O) groups is 1. The van der Waals surface area contributed by atoms with Gasteiger partial charge in [0.1, 0.15) is 23.2 Å². The van der Waals surface area contributed by atoms with E-state index in [1.165, 1.54) is 42.1 Å². The van der Waals surface area contributed by atoms with Crippen molar-refractivity contribution in [1.29, 1.82) is 0 Å². The van der Waals surface area contributed by atoms with E-state index in [1.807, 2.05) is 0 Å². The summed E-state index contributed by atoms with van der Waals surface area (Å²) in [4.78, 5) is 12.5. The average molecular weight is 482 g/mol. The molecule has 0 aliphatic carbocycles. The molecule has 2 heterocycles. The van der Waals surface area contributed by atoms with Gasteiger partial charge in [-0.25, -0.2) is 26.6 Å². The Bertz CT molecular complexity index is 1080. The molecule has 0 spiro atoms. The minimum atomic E-state index is -3.23. The highest BCUT2D eigenvalue weighted by molar-refractivity contribution is 6.32. The standard InChI is InChI=1S/C18H14Cl2F5N5O/c1-8(30-15(17(24)25)13(20)14(28-30)16(22)23)18(31)26-12-5-6-29(27-12)7-9-10(19)3-2-4-11(9)21/h2-6,8,16-17H,7H2,1H3,(H,26,27,31). The molecule has 1 amide bonds. The van der Waals surface area contributed by atoms with Crippen molar-refractivity contribution in [2.45, 2.75) is 32.4 Å². The number of nitrogens with one attached hydrogen (secondary N) is 1. The van der Waals surface area contributed by atoms with Gasteiger partial charge in [-0.2, -0.15) is 10.2 Å². The van der Waals surface area contributed by atoms with Crippen LogP contribution in [0.4, 0.5) is 27.8 Å². The first kappa shape index (κ1) is 23.0. The molecule has 1 unspecified atom stereocenters. The van der Waals surface area contributed by atoms with Gasteiger partial charge in [-0.3, -0.25) is 9.48 Å². The number of anilines is 1. The van der Waals surface area contributed by atoms with Gasteiger partial charge < -0.3 is 5.32 Å². The van der Waals surface area contributed by atoms with Crippen molar-refractivity contribution in [3.63, 3.8) is 0 Å². The number of aromatic nitrogens is 4. The third kappa shape index (κ3) is 4.82. The normalized spacial score (nSPS) is 12.6. The summed E-state index contributed by atoms with van der Waals surface area (Å²) >= 11 is 11.6. The van der Waals surface area contributed by atoms with Crippen molar-refractivity contribution in [2.75, 3.05) is 5.32 Å². The molecule has 1 N–H and O–H groups in total. The summed E-state index contributed by atoms with van der Waals surface area (Å²) in [5, 5.41) is 9.10. The molecule has 31 heavy (non-hydrogen) atoms. The monoisotopic (exact) mass is 481 g/mol. The van der Waals surface area contributed by atoms with Crippen LogP contribution in [0.25, 0.3) is 0 Å². The SMILES string of the molecule is CC(C(=O)Nc1ccn(Cc2c(F)cccc2Cl)n1)n1nc(C(F)F)c(Cl)c1C(F)F. The van der Waals surface area contributed by atoms with Gasteiger partial charge in [0.2, 0.25) is 5.91 Å². The molecule has 0 bridgehead atoms. The maximum absolute atomic E-state index is 13.9. The summed E-state index contributed by atoms with van der Waals surface area (Å²) in [6, 6.07) is 4.18. The smallest absolute Gasteiger partial charge is 0.283 e. The number of alkyl halides is 4. The maximum atomic E-state index is 13.9. The number of benzene rings is 1. The first-order valence-electron chi connectivity index (χ1n) is 8.71. The minimum Gasteiger partial charge on any atom is -0.307 e. The molecule has 1 atom stereocenters. The Hall–Kier alpha value is -2.66. The van der Waals surface area contributed by atoms with Crippen LogP contribution < -0.4 is 5.32 Å². The molecule has 0 saturated heterocycles. The van der Waals surface area contributed by atoms with Gasteiger partial charge in [-0.05, 0) is 19.1 Å². The second kappa shape index (κ2) is 9.23. The van der Waals surface area contributed by atoms with Gasteiger partial charge in [-0.1, -0.05) is 29.3 Å². The van der Waals surface area contributed by atoms with Crippen LogP contribution in [0.15, 0.2) is 30.5 Å². The molecule has 0 aliphatic rings. The predicted octanol–water partition coefficient (Wildman–Crippen LogP) is 5.65. The summed E-state index contributed by atoms with van der Waals surface area (Å²) in [5.74, 6) is -1.36. The Morgan fingerprint density at radius 1 is 1.13 bits per heavy atom. The fourth-order valence-corrected chi connectivity index (χ4v) is 3.29. The molecule has 1 aromatic carbocycles. The third-order valence-corrected chi connectivity index (χ3v) is 5.09. The van der Waals surface area contributed by atoms with Crippen LogP contribution in [0.1, 0.15) is 42.8 Å². The van der Waals surface area contributed by atoms with Crippen molar-refractivity contribution in [3.8, 4) is 0 Å². The highest BCUT2D eigenvalue weighted by atomic mass is 35.5. The zero-order chi connectivity index (χ0) is 22.9. The van der Waals surface area contributed by atoms with Gasteiger partial charge in [0.05, 0.1) is 11.6 Å². The number of hydrogen-bond acceptors (Lipinski definition) is 3. The highest BCUT2D eigenvalue weighted by Gasteiger charge is 2.32. The predicted molar refractivity (Wildman–Crippen MR) is 103 cm³/mol. The lowest BCUT2D eigenvalue weighted by Gasteiger charge is -2.14. The van der Waals surface area contributed by atoms with Crippen LogP contribution in [0.5, 0.6) is 0 Å². The van der Waals surface area contributed by atoms with E-state index in [1.54, 1.807) is 0 Å². The van der Waals surface area contributed by atoms with Gasteiger partial charge in [0.25, 0.3) is 12.9 Å². The molecule has 0 fully saturated rings. The van der Waals surface area contributed by atoms with Crippen molar-refractivity contribution in [1.82, 2.24) is 19.6 Å². The van der Waals surface area contributed by atoms with Gasteiger partial charge in [0, 0.05) is 22.8 Å². The van der Waals surface area contributed by atoms with Crippen LogP contribution in [0.2, 0.25) is 10.0 Å². The van der Waals surface area contributed by atoms with E-state index in [-0.39, 0.29) is 22.9 Å². The van der Waals surface area contributed by atoms with Crippen LogP contribution >= 0.6 is 23.2 Å². The van der Waals surface area contributed by atoms with E-state index in [9.17, 15) is 26.7 Å². The number of hydrogen-bond donors (Lipinski definition) is 1. The quantitative estimate of drug-likeness (QED) is 0.443. The summed E-state index contributed by atoms with van der Waals surface area (Å²) in [6.45, 7) is 1.16. The molecular formula is C18H14Cl2F5N5O. The topological polar surface area (TPSA) is 64.7 Å². The molecule has 166 valence electrons. The summed E-state index contributed by atoms with van der Waals surface area (Å²) < 4.78 is 68.3. The second-order valence-electron chi connectivity index (χ2n) is 6.39. The average Bonchev–Trinajstić information content (AvgIpc) is 3.28. The number of carbonyl (C=O) groups excluding carboxylic acids is 1. The lowest BCUT2D eigenvalue weighted by molar-refractivity contribution is -0.119. The fraction of sp³-hybridized carbons (Fsp3) is 0.278. The third-order valence-electron chi connectivity index (χ3n) is 4.35. The van der Waals surface area contributed by atoms with E-state index >= 15 is 0 Å². The van der Waals surface area contributed by atoms with E-state index in [2.05, 4.69) is 15.5 Å². The Morgan fingerprint density at radius 3 is 2.45 bits per heavy atom. The lowest BCUT2D eigenvalue weighted by Crippen LogP contribution is -2.26. The van der Waals surface area contributed by atoms with Crippen LogP contribution in [0, 0.1) is 5.82 Å². The highest BCUT2D eigenvalue weighted by Crippen LogP contribution is 2.36. The number of nitrogens with zero attached hydrogens (tertiary/aromatic N) is 4. The summed E-state index contributed by atoms with van der Waals surface area (Å²) in [5.41, 5.74) is -1.84. The second-order valence-corrected chi connectivity index (χ2v) is 7.18. The molecule has 0 aliphatic heterocycles. The molecule has 0 radical (unpaired) electrons. The zero-order valence-electron chi connectivity index (χ0n) is 15.7. The molecule has 2 aromatic heterocycles. The molecular weight excluding hydrogens is 468 g/mol. The number of halogens is 7. The van der Waals surface area contributed by atoms with Crippen molar-refractivity contribution < 1.29 is 26.7 Å². The van der Waals surface area contributed by atoms with Crippen LogP contribution in [-0.4, -0.2) is 25.5 Å². The van der Waals surface area contributed by atoms with Crippen molar-refractivity contribution >= 4 is 34.9 Å². The number of rotatable bonds is 7. The molecule has 3 rings (SSSR count). The van der Waals surface area contributed by atoms with E-state index in [0.717, 1.165) is 0 Å². The Labute approximate surface area is 182 Å². The summed E-state index contributed by atoms with van der Waals surface area (Å²) in [6.07, 6.45) is -4.98. The first-order chi connectivity index (χ1) is 14.6. The largest absolute Gasteiger partial charge is 0.307 e. The van der Waals surface area contributed by atoms with Gasteiger partial charge in [-0.15, -0.1) is 0 Å². The molecule has 6 nitrogen and oxygen atoms in total. The van der Waals surface area contributed by atoms with Gasteiger partial charge >= 0.3 is 0 Å². The van der Waals surface area contributed by atoms with E-state index in [0.29, 0.717) is 4.68 Å². The Kier molecular flexibility index (Phi) is 6.85. The Balaban J connectivity index is 1.78. The molecule has 0 saturated carbocycles. The fourth-order valence-electron chi connectivity index (χ4n) is 2.78. The van der Waals surface area contributed by atoms with Crippen LogP contribution in [0.3, 0.4) is 0 Å². The first-order valence-corrected chi connectivity index (χ1v) is 9.47. The van der Waals surface area contributed by atoms with Gasteiger partial charge in [0.15, 0.2) is 5.82 Å². The van der Waals surface area contributed by atoms with Crippen molar-refractivity contribution in [2.24, 2.45) is 0 Å². The van der Waals surface area contributed by atoms with Crippen molar-refractivity contribution in [3.05, 3.63) is 63.3 Å². The zero-order valence-corrected chi connectivity index (χ0v) is 17.2. The molecule has 13 heteroatoms. The van der Waals surface area contributed by atoms with E-state index in [4.69, 9.17) is 23.2 Å². The maximum Gasteiger partial charge on any atom is 0.283 e. The molecule has 3 aromatic rings. The van der Waals surface area contributed by atoms with Crippen LogP contribution in [-0.2, 0) is 11.3 Å². The minimum absolute atomic E-state index is 0.0234. The number of amides is 1.